The number of thiazole rings is 1. The van der Waals surface area contributed by atoms with Crippen molar-refractivity contribution in [3.05, 3.63) is 29.6 Å². The predicted octanol–water partition coefficient (Wildman–Crippen LogP) is 5.82. The minimum Gasteiger partial charge on any atom is -0.460 e. The number of amides is 2. The van der Waals surface area contributed by atoms with Gasteiger partial charge in [-0.3, -0.25) is 4.79 Å². The number of esters is 3. The number of aromatic nitrogens is 1. The van der Waals surface area contributed by atoms with Crippen LogP contribution in [0.4, 0.5) is 15.6 Å². The van der Waals surface area contributed by atoms with Gasteiger partial charge in [0.1, 0.15) is 28.9 Å². The molecule has 2 atom stereocenters. The summed E-state index contributed by atoms with van der Waals surface area (Å²) in [5, 5.41) is 11.3. The first-order valence-corrected chi connectivity index (χ1v) is 16.4. The minimum atomic E-state index is -1.15. The molecule has 0 bridgehead atoms. The summed E-state index contributed by atoms with van der Waals surface area (Å²) in [6, 6.07) is 4.63. The Balaban J connectivity index is 2.00. The second-order valence-electron chi connectivity index (χ2n) is 14.0. The molecule has 0 spiro atoms. The van der Waals surface area contributed by atoms with Crippen LogP contribution >= 0.6 is 11.3 Å². The van der Waals surface area contributed by atoms with Crippen LogP contribution in [0.15, 0.2) is 29.6 Å². The number of hydrogen-bond donors (Lipinski definition) is 4. The quantitative estimate of drug-likeness (QED) is 0.0837. The Morgan fingerprint density at radius 3 is 1.83 bits per heavy atom. The first kappa shape index (κ1) is 38.3. The molecule has 13 heteroatoms. The van der Waals surface area contributed by atoms with Crippen molar-refractivity contribution < 1.29 is 33.4 Å². The molecule has 0 aliphatic carbocycles. The van der Waals surface area contributed by atoms with E-state index in [9.17, 15) is 19.2 Å². The Labute approximate surface area is 276 Å². The van der Waals surface area contributed by atoms with E-state index in [-0.39, 0.29) is 12.8 Å². The van der Waals surface area contributed by atoms with Gasteiger partial charge in [0.05, 0.1) is 5.69 Å². The van der Waals surface area contributed by atoms with Gasteiger partial charge in [0.25, 0.3) is 0 Å². The van der Waals surface area contributed by atoms with Crippen LogP contribution in [-0.4, -0.2) is 64.4 Å². The van der Waals surface area contributed by atoms with Crippen LogP contribution in [0.1, 0.15) is 94.4 Å². The van der Waals surface area contributed by atoms with Crippen LogP contribution < -0.4 is 21.7 Å². The molecule has 1 heterocycles. The molecule has 2 aromatic rings. The molecule has 0 saturated heterocycles. The molecule has 256 valence electrons. The average molecular weight is 662 g/mol. The first-order valence-electron chi connectivity index (χ1n) is 15.5. The Kier molecular flexibility index (Phi) is 13.8. The molecule has 1 aromatic heterocycles. The smallest absolute Gasteiger partial charge is 0.329 e. The normalized spacial score (nSPS) is 13.2. The van der Waals surface area contributed by atoms with Crippen molar-refractivity contribution in [2.75, 3.05) is 17.6 Å². The molecule has 0 fully saturated rings. The van der Waals surface area contributed by atoms with Crippen LogP contribution in [0.25, 0.3) is 11.3 Å². The van der Waals surface area contributed by atoms with Crippen molar-refractivity contribution >= 4 is 46.1 Å². The summed E-state index contributed by atoms with van der Waals surface area (Å²) in [6.45, 7) is 16.2. The van der Waals surface area contributed by atoms with Crippen molar-refractivity contribution in [2.24, 2.45) is 0 Å². The highest BCUT2D eigenvalue weighted by Crippen LogP contribution is 2.25. The number of carbonyl (C=O) groups is 4. The van der Waals surface area contributed by atoms with E-state index in [1.807, 2.05) is 29.6 Å². The van der Waals surface area contributed by atoms with Gasteiger partial charge in [-0.25, -0.2) is 19.4 Å². The predicted molar refractivity (Wildman–Crippen MR) is 180 cm³/mol. The van der Waals surface area contributed by atoms with Crippen molar-refractivity contribution in [2.45, 2.75) is 123 Å². The van der Waals surface area contributed by atoms with E-state index in [0.29, 0.717) is 31.5 Å². The highest BCUT2D eigenvalue weighted by atomic mass is 32.1. The standard InChI is InChI=1S/C33H51N5O7S/c1-31(2,3)43-26(39)18-17-24(28(41)45-33(7,8)9)37-29(42)36-23(27(40)44-32(4,5)6)12-10-11-19-35-30-38-25(20-46-30)21-13-15-22(34)16-14-21/h13-16,20,23-24H,10-12,17-19,34H2,1-9H3,(H,35,38)(H2,36,37,42)/t23-,24-/m0/s1. The highest BCUT2D eigenvalue weighted by Gasteiger charge is 2.31. The van der Waals surface area contributed by atoms with E-state index < -0.39 is 52.8 Å². The topological polar surface area (TPSA) is 171 Å². The van der Waals surface area contributed by atoms with Crippen LogP contribution in [0.2, 0.25) is 0 Å². The van der Waals surface area contributed by atoms with E-state index in [1.54, 1.807) is 62.3 Å². The van der Waals surface area contributed by atoms with E-state index in [2.05, 4.69) is 20.9 Å². The summed E-state index contributed by atoms with van der Waals surface area (Å²) in [6.07, 6.45) is 1.41. The second-order valence-corrected chi connectivity index (χ2v) is 14.9. The molecular weight excluding hydrogens is 610 g/mol. The molecule has 12 nitrogen and oxygen atoms in total. The Hall–Kier alpha value is -3.87. The Morgan fingerprint density at radius 1 is 0.783 bits per heavy atom. The number of nitrogen functional groups attached to an aromatic ring is 1. The van der Waals surface area contributed by atoms with Gasteiger partial charge in [-0.05, 0) is 100 Å². The number of urea groups is 1. The van der Waals surface area contributed by atoms with Gasteiger partial charge in [-0.2, -0.15) is 0 Å². The third-order valence-electron chi connectivity index (χ3n) is 5.96. The van der Waals surface area contributed by atoms with Gasteiger partial charge in [0.2, 0.25) is 0 Å². The molecule has 2 rings (SSSR count). The lowest BCUT2D eigenvalue weighted by Crippen LogP contribution is -2.53. The van der Waals surface area contributed by atoms with E-state index in [1.165, 1.54) is 11.3 Å². The summed E-state index contributed by atoms with van der Waals surface area (Å²) >= 11 is 1.49. The molecule has 0 unspecified atom stereocenters. The lowest BCUT2D eigenvalue weighted by Gasteiger charge is -2.27. The van der Waals surface area contributed by atoms with Gasteiger partial charge < -0.3 is 35.9 Å². The lowest BCUT2D eigenvalue weighted by molar-refractivity contribution is -0.159. The molecule has 46 heavy (non-hydrogen) atoms. The molecule has 0 saturated carbocycles. The zero-order valence-electron chi connectivity index (χ0n) is 28.6. The zero-order valence-corrected chi connectivity index (χ0v) is 29.4. The summed E-state index contributed by atoms with van der Waals surface area (Å²) in [4.78, 5) is 56.0. The van der Waals surface area contributed by atoms with Crippen molar-refractivity contribution in [3.63, 3.8) is 0 Å². The molecule has 0 aliphatic heterocycles. The highest BCUT2D eigenvalue weighted by molar-refractivity contribution is 7.14. The van der Waals surface area contributed by atoms with Gasteiger partial charge in [0.15, 0.2) is 5.13 Å². The molecule has 1 aromatic carbocycles. The number of anilines is 2. The first-order chi connectivity index (χ1) is 21.2. The number of ether oxygens (including phenoxy) is 3. The van der Waals surface area contributed by atoms with Gasteiger partial charge in [-0.15, -0.1) is 11.3 Å². The third-order valence-corrected chi connectivity index (χ3v) is 6.76. The number of nitrogens with zero attached hydrogens (tertiary/aromatic N) is 1. The summed E-state index contributed by atoms with van der Waals surface area (Å²) < 4.78 is 16.4. The maximum atomic E-state index is 13.1. The van der Waals surface area contributed by atoms with Crippen molar-refractivity contribution in [3.8, 4) is 11.3 Å². The molecular formula is C33H51N5O7S. The number of rotatable bonds is 14. The fourth-order valence-corrected chi connectivity index (χ4v) is 4.82. The molecule has 5 N–H and O–H groups in total. The summed E-state index contributed by atoms with van der Waals surface area (Å²) in [7, 11) is 0. The molecule has 0 radical (unpaired) electrons. The fourth-order valence-electron chi connectivity index (χ4n) is 4.07. The van der Waals surface area contributed by atoms with Gasteiger partial charge in [0, 0.05) is 29.6 Å². The number of hydrogen-bond acceptors (Lipinski definition) is 11. The Morgan fingerprint density at radius 2 is 1.30 bits per heavy atom. The van der Waals surface area contributed by atoms with E-state index in [4.69, 9.17) is 19.9 Å². The van der Waals surface area contributed by atoms with Crippen LogP contribution in [0.5, 0.6) is 0 Å². The lowest BCUT2D eigenvalue weighted by atomic mass is 10.1. The Bertz CT molecular complexity index is 1310. The number of unbranched alkanes of at least 4 members (excludes halogenated alkanes) is 1. The van der Waals surface area contributed by atoms with Crippen molar-refractivity contribution in [1.29, 1.82) is 0 Å². The maximum absolute atomic E-state index is 13.1. The van der Waals surface area contributed by atoms with E-state index in [0.717, 1.165) is 16.4 Å². The minimum absolute atomic E-state index is 0.0448. The van der Waals surface area contributed by atoms with Crippen LogP contribution in [-0.2, 0) is 28.6 Å². The number of nitrogens with two attached hydrogens (primary N) is 1. The average Bonchev–Trinajstić information content (AvgIpc) is 3.36. The summed E-state index contributed by atoms with van der Waals surface area (Å²) in [5.74, 6) is -1.80. The molecule has 2 amide bonds. The maximum Gasteiger partial charge on any atom is 0.329 e. The van der Waals surface area contributed by atoms with Gasteiger partial charge in [-0.1, -0.05) is 12.1 Å². The zero-order chi connectivity index (χ0) is 34.7. The molecule has 0 aliphatic rings. The van der Waals surface area contributed by atoms with E-state index >= 15 is 0 Å². The largest absolute Gasteiger partial charge is 0.460 e. The van der Waals surface area contributed by atoms with Crippen molar-refractivity contribution in [1.82, 2.24) is 15.6 Å². The van der Waals surface area contributed by atoms with Crippen LogP contribution in [0.3, 0.4) is 0 Å². The fraction of sp³-hybridized carbons (Fsp3) is 0.606. The monoisotopic (exact) mass is 661 g/mol. The second kappa shape index (κ2) is 16.6. The third kappa shape index (κ3) is 15.4. The number of benzene rings is 1. The van der Waals surface area contributed by atoms with Crippen LogP contribution in [0, 0.1) is 0 Å². The summed E-state index contributed by atoms with van der Waals surface area (Å²) in [5.41, 5.74) is 6.01. The number of nitrogens with one attached hydrogen (secondary N) is 3. The SMILES string of the molecule is CC(C)(C)OC(=O)CC[C@H](NC(=O)N[C@@H](CCCCNc1nc(-c2ccc(N)cc2)cs1)C(=O)OC(C)(C)C)C(=O)OC(C)(C)C. The van der Waals surface area contributed by atoms with Gasteiger partial charge >= 0.3 is 23.9 Å². The number of carbonyl (C=O) groups excluding carboxylic acids is 4.